The number of hydrogen-bond acceptors (Lipinski definition) is 7. The molecule has 5 rings (SSSR count). The van der Waals surface area contributed by atoms with Crippen molar-refractivity contribution >= 4 is 23.5 Å². The van der Waals surface area contributed by atoms with E-state index < -0.39 is 0 Å². The first-order chi connectivity index (χ1) is 17.0. The molecule has 0 saturated heterocycles. The van der Waals surface area contributed by atoms with E-state index in [0.29, 0.717) is 23.3 Å². The summed E-state index contributed by atoms with van der Waals surface area (Å²) in [6, 6.07) is 17.6. The van der Waals surface area contributed by atoms with Gasteiger partial charge in [0.25, 0.3) is 5.95 Å². The minimum Gasteiger partial charge on any atom is -0.493 e. The fourth-order valence-electron chi connectivity index (χ4n) is 4.33. The average molecular weight is 488 g/mol. The molecule has 4 aromatic rings. The van der Waals surface area contributed by atoms with Gasteiger partial charge in [-0.15, -0.1) is 11.8 Å². The third kappa shape index (κ3) is 4.23. The van der Waals surface area contributed by atoms with Crippen LogP contribution in [0.1, 0.15) is 27.8 Å². The number of aromatic nitrogens is 4. The second kappa shape index (κ2) is 9.42. The number of nitrogens with zero attached hydrogens (tertiary/aromatic N) is 4. The van der Waals surface area contributed by atoms with E-state index in [1.165, 1.54) is 11.8 Å². The predicted octanol–water partition coefficient (Wildman–Crippen LogP) is 4.74. The van der Waals surface area contributed by atoms with E-state index in [-0.39, 0.29) is 16.9 Å². The van der Waals surface area contributed by atoms with Crippen LogP contribution in [-0.2, 0) is 4.79 Å². The van der Waals surface area contributed by atoms with Crippen LogP contribution in [0, 0.1) is 13.8 Å². The molecule has 1 amide bonds. The zero-order valence-electron chi connectivity index (χ0n) is 19.9. The zero-order chi connectivity index (χ0) is 24.5. The van der Waals surface area contributed by atoms with Gasteiger partial charge in [0.15, 0.2) is 11.5 Å². The molecule has 0 radical (unpaired) electrons. The van der Waals surface area contributed by atoms with Crippen molar-refractivity contribution in [2.24, 2.45) is 0 Å². The van der Waals surface area contributed by atoms with E-state index in [1.54, 1.807) is 18.9 Å². The summed E-state index contributed by atoms with van der Waals surface area (Å²) in [6.07, 6.45) is 0. The molecule has 2 aromatic heterocycles. The van der Waals surface area contributed by atoms with Crippen LogP contribution < -0.4 is 14.8 Å². The van der Waals surface area contributed by atoms with Gasteiger partial charge in [0, 0.05) is 28.1 Å². The number of carbonyl (C=O) groups is 1. The maximum atomic E-state index is 12.9. The lowest BCUT2D eigenvalue weighted by Gasteiger charge is -2.20. The molecule has 0 bridgehead atoms. The Kier molecular flexibility index (Phi) is 6.17. The molecule has 0 aliphatic carbocycles. The number of hydrogen-bond donors (Lipinski definition) is 1. The molecule has 3 heterocycles. The third-order valence-electron chi connectivity index (χ3n) is 5.75. The van der Waals surface area contributed by atoms with E-state index in [9.17, 15) is 4.79 Å². The van der Waals surface area contributed by atoms with Gasteiger partial charge in [-0.2, -0.15) is 9.78 Å². The molecule has 1 N–H and O–H groups in total. The van der Waals surface area contributed by atoms with E-state index >= 15 is 0 Å². The number of benzene rings is 2. The van der Waals surface area contributed by atoms with Crippen molar-refractivity contribution in [3.8, 4) is 28.7 Å². The van der Waals surface area contributed by atoms with Crippen molar-refractivity contribution in [3.05, 3.63) is 77.1 Å². The Morgan fingerprint density at radius 1 is 1.00 bits per heavy atom. The smallest absolute Gasteiger partial charge is 0.252 e. The molecule has 178 valence electrons. The lowest BCUT2D eigenvalue weighted by atomic mass is 9.99. The van der Waals surface area contributed by atoms with Crippen LogP contribution in [0.2, 0.25) is 0 Å². The molecule has 1 unspecified atom stereocenters. The summed E-state index contributed by atoms with van der Waals surface area (Å²) >= 11 is 1.52. The molecule has 0 spiro atoms. The number of rotatable bonds is 5. The molecule has 0 saturated carbocycles. The first kappa shape index (κ1) is 22.9. The van der Waals surface area contributed by atoms with Gasteiger partial charge in [0.05, 0.1) is 30.9 Å². The second-order valence-corrected chi connectivity index (χ2v) is 9.25. The SMILES string of the molecule is COc1cccc(C2SCC(=O)Nc3c2c(-c2ccccc2)nn3-c2nc(C)cc(C)n2)c1OC. The number of methoxy groups -OCH3 is 2. The Morgan fingerprint density at radius 2 is 1.74 bits per heavy atom. The van der Waals surface area contributed by atoms with E-state index in [0.717, 1.165) is 33.8 Å². The number of amides is 1. The number of nitrogens with one attached hydrogen (secondary N) is 1. The van der Waals surface area contributed by atoms with Crippen LogP contribution in [0.3, 0.4) is 0 Å². The number of anilines is 1. The lowest BCUT2D eigenvalue weighted by Crippen LogP contribution is -2.17. The van der Waals surface area contributed by atoms with Gasteiger partial charge in [-0.05, 0) is 26.0 Å². The van der Waals surface area contributed by atoms with Gasteiger partial charge < -0.3 is 14.8 Å². The van der Waals surface area contributed by atoms with Crippen LogP contribution in [-0.4, -0.2) is 45.6 Å². The molecular formula is C26H25N5O3S. The van der Waals surface area contributed by atoms with E-state index in [2.05, 4.69) is 15.3 Å². The average Bonchev–Trinajstić information content (AvgIpc) is 3.13. The molecule has 0 fully saturated rings. The number of thioether (sulfide) groups is 1. The summed E-state index contributed by atoms with van der Waals surface area (Å²) in [5, 5.41) is 7.77. The van der Waals surface area contributed by atoms with Crippen molar-refractivity contribution < 1.29 is 14.3 Å². The normalized spacial score (nSPS) is 15.2. The maximum absolute atomic E-state index is 12.9. The summed E-state index contributed by atoms with van der Waals surface area (Å²) in [7, 11) is 3.24. The molecule has 8 nitrogen and oxygen atoms in total. The molecule has 1 aliphatic heterocycles. The second-order valence-electron chi connectivity index (χ2n) is 8.16. The number of carbonyl (C=O) groups excluding carboxylic acids is 1. The quantitative estimate of drug-likeness (QED) is 0.435. The van der Waals surface area contributed by atoms with Crippen molar-refractivity contribution in [1.29, 1.82) is 0 Å². The minimum atomic E-state index is -0.260. The van der Waals surface area contributed by atoms with Crippen LogP contribution in [0.25, 0.3) is 17.2 Å². The summed E-state index contributed by atoms with van der Waals surface area (Å²) in [6.45, 7) is 3.83. The molecule has 9 heteroatoms. The molecule has 1 atom stereocenters. The van der Waals surface area contributed by atoms with Gasteiger partial charge in [-0.1, -0.05) is 42.5 Å². The lowest BCUT2D eigenvalue weighted by molar-refractivity contribution is -0.113. The maximum Gasteiger partial charge on any atom is 0.252 e. The number of para-hydroxylation sites is 1. The number of fused-ring (bicyclic) bond motifs is 1. The zero-order valence-corrected chi connectivity index (χ0v) is 20.7. The van der Waals surface area contributed by atoms with Crippen LogP contribution in [0.4, 0.5) is 5.82 Å². The van der Waals surface area contributed by atoms with Crippen molar-refractivity contribution in [3.63, 3.8) is 0 Å². The highest BCUT2D eigenvalue weighted by Gasteiger charge is 2.35. The van der Waals surface area contributed by atoms with E-state index in [1.807, 2.05) is 68.4 Å². The largest absolute Gasteiger partial charge is 0.493 e. The molecular weight excluding hydrogens is 462 g/mol. The summed E-state index contributed by atoms with van der Waals surface area (Å²) in [5.41, 5.74) is 5.06. The Morgan fingerprint density at radius 3 is 2.43 bits per heavy atom. The predicted molar refractivity (Wildman–Crippen MR) is 137 cm³/mol. The fourth-order valence-corrected chi connectivity index (χ4v) is 5.47. The summed E-state index contributed by atoms with van der Waals surface area (Å²) < 4.78 is 13.0. The van der Waals surface area contributed by atoms with Gasteiger partial charge in [0.2, 0.25) is 5.91 Å². The van der Waals surface area contributed by atoms with Crippen LogP contribution in [0.15, 0.2) is 54.6 Å². The van der Waals surface area contributed by atoms with Gasteiger partial charge in [-0.3, -0.25) is 4.79 Å². The van der Waals surface area contributed by atoms with Crippen molar-refractivity contribution in [1.82, 2.24) is 19.7 Å². The molecule has 2 aromatic carbocycles. The molecule has 1 aliphatic rings. The third-order valence-corrected chi connectivity index (χ3v) is 7.00. The van der Waals surface area contributed by atoms with Crippen LogP contribution >= 0.6 is 11.8 Å². The van der Waals surface area contributed by atoms with Crippen LogP contribution in [0.5, 0.6) is 11.5 Å². The highest BCUT2D eigenvalue weighted by Crippen LogP contribution is 2.50. The van der Waals surface area contributed by atoms with Crippen molar-refractivity contribution in [2.45, 2.75) is 19.1 Å². The Hall–Kier alpha value is -3.85. The summed E-state index contributed by atoms with van der Waals surface area (Å²) in [4.78, 5) is 22.1. The van der Waals surface area contributed by atoms with Crippen molar-refractivity contribution in [2.75, 3.05) is 25.3 Å². The Labute approximate surface area is 207 Å². The highest BCUT2D eigenvalue weighted by molar-refractivity contribution is 8.00. The first-order valence-electron chi connectivity index (χ1n) is 11.1. The molecule has 35 heavy (non-hydrogen) atoms. The Bertz CT molecular complexity index is 1380. The number of ether oxygens (including phenoxy) is 2. The van der Waals surface area contributed by atoms with Gasteiger partial charge >= 0.3 is 0 Å². The first-order valence-corrected chi connectivity index (χ1v) is 12.2. The van der Waals surface area contributed by atoms with E-state index in [4.69, 9.17) is 14.6 Å². The van der Waals surface area contributed by atoms with Gasteiger partial charge in [0.1, 0.15) is 5.82 Å². The van der Waals surface area contributed by atoms with Gasteiger partial charge in [-0.25, -0.2) is 9.97 Å². The summed E-state index contributed by atoms with van der Waals surface area (Å²) in [5.74, 6) is 2.36. The monoisotopic (exact) mass is 487 g/mol. The minimum absolute atomic E-state index is 0.120. The standard InChI is InChI=1S/C26H25N5O3S/c1-15-13-16(2)28-26(27-15)31-25-21(22(30-31)17-9-6-5-7-10-17)24(35-14-20(32)29-25)18-11-8-12-19(33-3)23(18)34-4/h5-13,24H,14H2,1-4H3,(H,29,32). The topological polar surface area (TPSA) is 91.2 Å². The highest BCUT2D eigenvalue weighted by atomic mass is 32.2. The fraction of sp³-hybridized carbons (Fsp3) is 0.231. The number of aryl methyl sites for hydroxylation is 2. The Balaban J connectivity index is 1.82.